The van der Waals surface area contributed by atoms with Crippen LogP contribution in [0, 0.1) is 10.5 Å². The molecule has 0 amide bonds. The summed E-state index contributed by atoms with van der Waals surface area (Å²) in [5.41, 5.74) is 0.519. The maximum Gasteiger partial charge on any atom is 0.162 e. The summed E-state index contributed by atoms with van der Waals surface area (Å²) in [6.07, 6.45) is 0. The molecule has 90 valence electrons. The fourth-order valence-electron chi connectivity index (χ4n) is 1.20. The zero-order valence-corrected chi connectivity index (χ0v) is 12.5. The van der Waals surface area contributed by atoms with Gasteiger partial charge in [0.15, 0.2) is 5.82 Å². The molecule has 16 heavy (non-hydrogen) atoms. The van der Waals surface area contributed by atoms with Gasteiger partial charge in [-0.25, -0.2) is 9.97 Å². The summed E-state index contributed by atoms with van der Waals surface area (Å²) in [6, 6.07) is 0. The number of aryl methyl sites for hydroxylation is 1. The largest absolute Gasteiger partial charge is 0.371 e. The van der Waals surface area contributed by atoms with E-state index in [9.17, 15) is 0 Å². The second-order valence-electron chi connectivity index (χ2n) is 4.04. The highest BCUT2D eigenvalue weighted by molar-refractivity contribution is 14.1. The molecular formula is C11H18IN3O. The smallest absolute Gasteiger partial charge is 0.162 e. The molecule has 1 aromatic heterocycles. The molecule has 0 fully saturated rings. The summed E-state index contributed by atoms with van der Waals surface area (Å²) < 4.78 is 6.46. The summed E-state index contributed by atoms with van der Waals surface area (Å²) in [5.74, 6) is 1.60. The van der Waals surface area contributed by atoms with Crippen LogP contribution in [-0.4, -0.2) is 23.6 Å². The van der Waals surface area contributed by atoms with Crippen molar-refractivity contribution in [1.82, 2.24) is 9.97 Å². The number of aromatic nitrogens is 2. The van der Waals surface area contributed by atoms with Crippen molar-refractivity contribution in [3.63, 3.8) is 0 Å². The molecule has 0 aliphatic heterocycles. The number of anilines is 1. The fourth-order valence-corrected chi connectivity index (χ4v) is 1.64. The van der Waals surface area contributed by atoms with Crippen molar-refractivity contribution in [2.24, 2.45) is 0 Å². The van der Waals surface area contributed by atoms with Gasteiger partial charge in [-0.1, -0.05) is 0 Å². The maximum absolute atomic E-state index is 5.40. The van der Waals surface area contributed by atoms with Gasteiger partial charge in [0.1, 0.15) is 11.4 Å². The van der Waals surface area contributed by atoms with Crippen molar-refractivity contribution >= 4 is 28.4 Å². The molecule has 1 heterocycles. The van der Waals surface area contributed by atoms with E-state index in [2.05, 4.69) is 44.8 Å². The molecule has 0 radical (unpaired) electrons. The molecule has 0 aliphatic carbocycles. The van der Waals surface area contributed by atoms with Crippen molar-refractivity contribution in [2.75, 3.05) is 19.0 Å². The van der Waals surface area contributed by atoms with E-state index < -0.39 is 5.60 Å². The molecule has 1 rings (SSSR count). The van der Waals surface area contributed by atoms with Gasteiger partial charge < -0.3 is 10.1 Å². The van der Waals surface area contributed by atoms with Crippen LogP contribution in [0.25, 0.3) is 0 Å². The molecule has 0 aromatic carbocycles. The Kier molecular flexibility index (Phi) is 4.49. The molecule has 0 unspecified atom stereocenters. The SMILES string of the molecule is CCNc1nc(C(C)(C)OC)nc(C)c1I. The molecule has 0 spiro atoms. The topological polar surface area (TPSA) is 47.0 Å². The second kappa shape index (κ2) is 5.27. The first kappa shape index (κ1) is 13.6. The molecule has 1 N–H and O–H groups in total. The average molecular weight is 335 g/mol. The van der Waals surface area contributed by atoms with Crippen molar-refractivity contribution < 1.29 is 4.74 Å². The fraction of sp³-hybridized carbons (Fsp3) is 0.636. The predicted octanol–water partition coefficient (Wildman–Crippen LogP) is 2.70. The highest BCUT2D eigenvalue weighted by Gasteiger charge is 2.25. The third-order valence-corrected chi connectivity index (χ3v) is 3.70. The summed E-state index contributed by atoms with van der Waals surface area (Å²) in [5, 5.41) is 3.24. The third kappa shape index (κ3) is 2.82. The standard InChI is InChI=1S/C11H18IN3O/c1-6-13-9-8(12)7(2)14-10(15-9)11(3,4)16-5/h6H2,1-5H3,(H,13,14,15). The van der Waals surface area contributed by atoms with Gasteiger partial charge in [-0.05, 0) is 50.3 Å². The van der Waals surface area contributed by atoms with E-state index in [1.165, 1.54) is 0 Å². The molecule has 5 heteroatoms. The van der Waals surface area contributed by atoms with Crippen LogP contribution in [0.15, 0.2) is 0 Å². The molecular weight excluding hydrogens is 317 g/mol. The lowest BCUT2D eigenvalue weighted by molar-refractivity contribution is 0.0114. The average Bonchev–Trinajstić information content (AvgIpc) is 2.24. The van der Waals surface area contributed by atoms with Crippen molar-refractivity contribution in [1.29, 1.82) is 0 Å². The minimum Gasteiger partial charge on any atom is -0.371 e. The summed E-state index contributed by atoms with van der Waals surface area (Å²) in [4.78, 5) is 8.99. The van der Waals surface area contributed by atoms with Crippen LogP contribution < -0.4 is 5.32 Å². The molecule has 0 saturated heterocycles. The maximum atomic E-state index is 5.40. The first-order chi connectivity index (χ1) is 7.42. The Balaban J connectivity index is 3.23. The van der Waals surface area contributed by atoms with E-state index in [0.29, 0.717) is 5.82 Å². The van der Waals surface area contributed by atoms with E-state index in [4.69, 9.17) is 4.74 Å². The van der Waals surface area contributed by atoms with Crippen molar-refractivity contribution in [3.05, 3.63) is 15.1 Å². The predicted molar refractivity (Wildman–Crippen MR) is 73.7 cm³/mol. The third-order valence-electron chi connectivity index (χ3n) is 2.41. The lowest BCUT2D eigenvalue weighted by atomic mass is 10.1. The summed E-state index contributed by atoms with van der Waals surface area (Å²) in [6.45, 7) is 8.81. The number of hydrogen-bond acceptors (Lipinski definition) is 4. The molecule has 0 saturated carbocycles. The quantitative estimate of drug-likeness (QED) is 0.860. The van der Waals surface area contributed by atoms with Gasteiger partial charge in [0.05, 0.1) is 9.26 Å². The van der Waals surface area contributed by atoms with E-state index >= 15 is 0 Å². The molecule has 0 atom stereocenters. The Hall–Kier alpha value is -0.430. The first-order valence-corrected chi connectivity index (χ1v) is 6.34. The summed E-state index contributed by atoms with van der Waals surface area (Å²) in [7, 11) is 1.67. The van der Waals surface area contributed by atoms with Crippen molar-refractivity contribution in [3.8, 4) is 0 Å². The highest BCUT2D eigenvalue weighted by atomic mass is 127. The van der Waals surface area contributed by atoms with Crippen LogP contribution in [0.1, 0.15) is 32.3 Å². The first-order valence-electron chi connectivity index (χ1n) is 5.26. The zero-order chi connectivity index (χ0) is 12.3. The number of halogens is 1. The Labute approximate surface area is 110 Å². The second-order valence-corrected chi connectivity index (χ2v) is 5.12. The lowest BCUT2D eigenvalue weighted by Crippen LogP contribution is -2.24. The van der Waals surface area contributed by atoms with E-state index in [0.717, 1.165) is 21.6 Å². The van der Waals surface area contributed by atoms with E-state index in [1.807, 2.05) is 20.8 Å². The molecule has 1 aromatic rings. The zero-order valence-electron chi connectivity index (χ0n) is 10.4. The number of methoxy groups -OCH3 is 1. The Morgan fingerprint density at radius 2 is 2.00 bits per heavy atom. The van der Waals surface area contributed by atoms with Gasteiger partial charge in [-0.15, -0.1) is 0 Å². The van der Waals surface area contributed by atoms with Crippen molar-refractivity contribution in [2.45, 2.75) is 33.3 Å². The monoisotopic (exact) mass is 335 g/mol. The summed E-state index contributed by atoms with van der Waals surface area (Å²) >= 11 is 2.26. The van der Waals surface area contributed by atoms with Crippen LogP contribution in [0.4, 0.5) is 5.82 Å². The van der Waals surface area contributed by atoms with E-state index in [-0.39, 0.29) is 0 Å². The molecule has 4 nitrogen and oxygen atoms in total. The Bertz CT molecular complexity index is 380. The highest BCUT2D eigenvalue weighted by Crippen LogP contribution is 2.25. The molecule has 0 aliphatic rings. The van der Waals surface area contributed by atoms with Gasteiger partial charge in [0, 0.05) is 13.7 Å². The van der Waals surface area contributed by atoms with Gasteiger partial charge in [0.25, 0.3) is 0 Å². The number of nitrogens with one attached hydrogen (secondary N) is 1. The molecule has 0 bridgehead atoms. The van der Waals surface area contributed by atoms with Gasteiger partial charge in [-0.3, -0.25) is 0 Å². The lowest BCUT2D eigenvalue weighted by Gasteiger charge is -2.22. The normalized spacial score (nSPS) is 11.6. The van der Waals surface area contributed by atoms with Gasteiger partial charge >= 0.3 is 0 Å². The number of hydrogen-bond donors (Lipinski definition) is 1. The van der Waals surface area contributed by atoms with Crippen LogP contribution in [0.2, 0.25) is 0 Å². The number of rotatable bonds is 4. The van der Waals surface area contributed by atoms with Crippen LogP contribution in [-0.2, 0) is 10.3 Å². The Morgan fingerprint density at radius 1 is 1.38 bits per heavy atom. The minimum absolute atomic E-state index is 0.459. The van der Waals surface area contributed by atoms with Gasteiger partial charge in [-0.2, -0.15) is 0 Å². The number of ether oxygens (including phenoxy) is 1. The van der Waals surface area contributed by atoms with E-state index in [1.54, 1.807) is 7.11 Å². The van der Waals surface area contributed by atoms with Crippen LogP contribution in [0.3, 0.4) is 0 Å². The Morgan fingerprint density at radius 3 is 2.50 bits per heavy atom. The van der Waals surface area contributed by atoms with Crippen LogP contribution >= 0.6 is 22.6 Å². The van der Waals surface area contributed by atoms with Gasteiger partial charge in [0.2, 0.25) is 0 Å². The minimum atomic E-state index is -0.459. The van der Waals surface area contributed by atoms with Crippen LogP contribution in [0.5, 0.6) is 0 Å². The number of nitrogens with zero attached hydrogens (tertiary/aromatic N) is 2.